The van der Waals surface area contributed by atoms with E-state index in [0.717, 1.165) is 59.9 Å². The van der Waals surface area contributed by atoms with Crippen LogP contribution in [0.25, 0.3) is 16.6 Å². The van der Waals surface area contributed by atoms with Gasteiger partial charge in [-0.15, -0.1) is 0 Å². The lowest BCUT2D eigenvalue weighted by Crippen LogP contribution is -2.43. The van der Waals surface area contributed by atoms with E-state index in [2.05, 4.69) is 10.4 Å². The highest BCUT2D eigenvalue weighted by Crippen LogP contribution is 2.38. The number of carbonyl (C=O) groups is 1. The lowest BCUT2D eigenvalue weighted by Gasteiger charge is -2.25. The molecule has 0 atom stereocenters. The molecule has 2 saturated carbocycles. The highest BCUT2D eigenvalue weighted by atomic mass is 16.5. The third kappa shape index (κ3) is 4.65. The van der Waals surface area contributed by atoms with Crippen LogP contribution in [0.2, 0.25) is 0 Å². The molecule has 0 bridgehead atoms. The van der Waals surface area contributed by atoms with E-state index in [0.29, 0.717) is 16.9 Å². The summed E-state index contributed by atoms with van der Waals surface area (Å²) in [6.45, 7) is 3.38. The number of pyridine rings is 1. The number of anilines is 1. The SMILES string of the molecule is CC(C)(O)c1cnn(-c2cc3nn([C@H]4CC[C@H](O)CC4)cc3cc2NC(=O)c2cccc(C3CC3)[n+]2O)c1. The molecule has 3 aromatic heterocycles. The lowest BCUT2D eigenvalue weighted by atomic mass is 9.93. The first-order valence-electron chi connectivity index (χ1n) is 13.2. The number of carbonyl (C=O) groups excluding carboxylic acids is 1. The Hall–Kier alpha value is -3.76. The highest BCUT2D eigenvalue weighted by molar-refractivity contribution is 6.04. The monoisotopic (exact) mass is 517 g/mol. The Labute approximate surface area is 220 Å². The maximum Gasteiger partial charge on any atom is 0.325 e. The van der Waals surface area contributed by atoms with E-state index in [9.17, 15) is 20.2 Å². The van der Waals surface area contributed by atoms with E-state index >= 15 is 0 Å². The number of rotatable bonds is 6. The molecule has 38 heavy (non-hydrogen) atoms. The molecule has 1 aromatic carbocycles. The summed E-state index contributed by atoms with van der Waals surface area (Å²) in [5.74, 6) is -0.171. The van der Waals surface area contributed by atoms with Crippen LogP contribution in [-0.4, -0.2) is 47.0 Å². The quantitative estimate of drug-likeness (QED) is 0.229. The van der Waals surface area contributed by atoms with Crippen LogP contribution in [0.15, 0.2) is 48.9 Å². The predicted octanol–water partition coefficient (Wildman–Crippen LogP) is 3.58. The smallest absolute Gasteiger partial charge is 0.325 e. The Morgan fingerprint density at radius 1 is 1.11 bits per heavy atom. The normalized spacial score (nSPS) is 20.1. The van der Waals surface area contributed by atoms with Crippen molar-refractivity contribution in [3.8, 4) is 5.69 Å². The van der Waals surface area contributed by atoms with Crippen LogP contribution in [0.1, 0.15) is 86.1 Å². The number of aliphatic hydroxyl groups is 2. The van der Waals surface area contributed by atoms with Gasteiger partial charge in [0.2, 0.25) is 5.69 Å². The van der Waals surface area contributed by atoms with Gasteiger partial charge in [-0.05, 0) is 70.6 Å². The van der Waals surface area contributed by atoms with E-state index in [1.165, 1.54) is 0 Å². The van der Waals surface area contributed by atoms with Crippen LogP contribution in [-0.2, 0) is 5.60 Å². The molecule has 198 valence electrons. The molecule has 0 spiro atoms. The summed E-state index contributed by atoms with van der Waals surface area (Å²) in [6, 6.07) is 9.16. The van der Waals surface area contributed by atoms with Gasteiger partial charge in [0.1, 0.15) is 0 Å². The Morgan fingerprint density at radius 3 is 2.55 bits per heavy atom. The van der Waals surface area contributed by atoms with Gasteiger partial charge in [0.15, 0.2) is 0 Å². The fraction of sp³-hybridized carbons (Fsp3) is 0.429. The van der Waals surface area contributed by atoms with Crippen LogP contribution >= 0.6 is 0 Å². The van der Waals surface area contributed by atoms with Crippen LogP contribution < -0.4 is 10.0 Å². The second-order valence-electron chi connectivity index (χ2n) is 11.1. The van der Waals surface area contributed by atoms with Crippen LogP contribution in [0.3, 0.4) is 0 Å². The summed E-state index contributed by atoms with van der Waals surface area (Å²) >= 11 is 0. The molecule has 3 heterocycles. The molecule has 4 aromatic rings. The number of aliphatic hydroxyl groups excluding tert-OH is 1. The van der Waals surface area contributed by atoms with Crippen molar-refractivity contribution in [1.29, 1.82) is 0 Å². The zero-order chi connectivity index (χ0) is 26.6. The second kappa shape index (κ2) is 9.21. The lowest BCUT2D eigenvalue weighted by molar-refractivity contribution is -0.910. The molecular weight excluding hydrogens is 484 g/mol. The second-order valence-corrected chi connectivity index (χ2v) is 11.1. The zero-order valence-electron chi connectivity index (χ0n) is 21.6. The first-order valence-corrected chi connectivity index (χ1v) is 13.2. The summed E-state index contributed by atoms with van der Waals surface area (Å²) in [7, 11) is 0. The Kier molecular flexibility index (Phi) is 5.96. The van der Waals surface area contributed by atoms with Gasteiger partial charge in [-0.25, -0.2) is 4.68 Å². The van der Waals surface area contributed by atoms with Crippen LogP contribution in [0.5, 0.6) is 0 Å². The van der Waals surface area contributed by atoms with Gasteiger partial charge in [-0.1, -0.05) is 0 Å². The summed E-state index contributed by atoms with van der Waals surface area (Å²) in [5, 5.41) is 44.2. The summed E-state index contributed by atoms with van der Waals surface area (Å²) in [4.78, 5) is 13.4. The predicted molar refractivity (Wildman–Crippen MR) is 139 cm³/mol. The van der Waals surface area contributed by atoms with Crippen molar-refractivity contribution in [2.75, 3.05) is 5.32 Å². The number of aromatic nitrogens is 5. The third-order valence-corrected chi connectivity index (χ3v) is 7.69. The fourth-order valence-corrected chi connectivity index (χ4v) is 5.21. The van der Waals surface area contributed by atoms with Gasteiger partial charge in [0.25, 0.3) is 0 Å². The number of hydrogen-bond donors (Lipinski definition) is 4. The van der Waals surface area contributed by atoms with Crippen molar-refractivity contribution >= 4 is 22.5 Å². The summed E-state index contributed by atoms with van der Waals surface area (Å²) in [5.41, 5.74) is 2.27. The molecule has 2 fully saturated rings. The summed E-state index contributed by atoms with van der Waals surface area (Å²) in [6.07, 6.45) is 10.3. The molecule has 0 unspecified atom stereocenters. The minimum Gasteiger partial charge on any atom is -0.393 e. The Bertz CT molecular complexity index is 1510. The van der Waals surface area contributed by atoms with Gasteiger partial charge >= 0.3 is 11.6 Å². The molecule has 0 aliphatic heterocycles. The van der Waals surface area contributed by atoms with Gasteiger partial charge in [-0.2, -0.15) is 10.2 Å². The molecule has 10 nitrogen and oxygen atoms in total. The van der Waals surface area contributed by atoms with Crippen molar-refractivity contribution in [2.24, 2.45) is 0 Å². The maximum atomic E-state index is 13.4. The molecule has 6 rings (SSSR count). The van der Waals surface area contributed by atoms with E-state index in [-0.39, 0.29) is 23.8 Å². The molecule has 0 saturated heterocycles. The molecule has 10 heteroatoms. The van der Waals surface area contributed by atoms with Gasteiger partial charge in [0, 0.05) is 46.1 Å². The minimum absolute atomic E-state index is 0.148. The standard InChI is InChI=1S/C28H32N6O4/c1-28(2,37)19-14-29-33(16-19)26-13-22-18(15-32(31-22)20-8-10-21(35)11-9-20)12-23(26)30-27(36)25-5-3-4-24(34(25)38)17-6-7-17/h3-5,12-17,20-21,35,37H,6-11H2,1-2H3,(H-,30,36,38)/p+1/t20-,21-. The van der Waals surface area contributed by atoms with E-state index in [4.69, 9.17) is 5.10 Å². The van der Waals surface area contributed by atoms with E-state index in [1.54, 1.807) is 43.1 Å². The Morgan fingerprint density at radius 2 is 1.87 bits per heavy atom. The number of benzene rings is 1. The van der Waals surface area contributed by atoms with Crippen molar-refractivity contribution in [3.05, 3.63) is 65.9 Å². The molecule has 1 amide bonds. The number of amides is 1. The molecular formula is C28H33N6O4+. The molecule has 2 aliphatic rings. The molecule has 2 aliphatic carbocycles. The highest BCUT2D eigenvalue weighted by Gasteiger charge is 2.36. The van der Waals surface area contributed by atoms with Crippen LogP contribution in [0.4, 0.5) is 5.69 Å². The summed E-state index contributed by atoms with van der Waals surface area (Å²) < 4.78 is 4.56. The van der Waals surface area contributed by atoms with E-state index < -0.39 is 11.5 Å². The average Bonchev–Trinajstić information content (AvgIpc) is 3.42. The minimum atomic E-state index is -1.08. The fourth-order valence-electron chi connectivity index (χ4n) is 5.21. The van der Waals surface area contributed by atoms with Crippen molar-refractivity contribution < 1.29 is 24.9 Å². The first-order chi connectivity index (χ1) is 18.2. The van der Waals surface area contributed by atoms with Crippen LogP contribution in [0, 0.1) is 0 Å². The van der Waals surface area contributed by atoms with Crippen molar-refractivity contribution in [2.45, 2.75) is 76.0 Å². The number of hydrogen-bond acceptors (Lipinski definition) is 6. The molecule has 0 radical (unpaired) electrons. The Balaban J connectivity index is 1.40. The average molecular weight is 518 g/mol. The zero-order valence-corrected chi connectivity index (χ0v) is 21.6. The maximum absolute atomic E-state index is 13.4. The van der Waals surface area contributed by atoms with Gasteiger partial charge in [0.05, 0.1) is 40.8 Å². The van der Waals surface area contributed by atoms with Crippen molar-refractivity contribution in [3.63, 3.8) is 0 Å². The van der Waals surface area contributed by atoms with E-state index in [1.807, 2.05) is 29.1 Å². The third-order valence-electron chi connectivity index (χ3n) is 7.69. The number of fused-ring (bicyclic) bond motifs is 1. The topological polar surface area (TPSA) is 129 Å². The van der Waals surface area contributed by atoms with Gasteiger partial charge < -0.3 is 15.5 Å². The van der Waals surface area contributed by atoms with Gasteiger partial charge in [-0.3, -0.25) is 14.7 Å². The van der Waals surface area contributed by atoms with Crippen molar-refractivity contribution in [1.82, 2.24) is 19.6 Å². The first kappa shape index (κ1) is 24.6. The molecule has 4 N–H and O–H groups in total. The largest absolute Gasteiger partial charge is 0.393 e. The number of nitrogens with one attached hydrogen (secondary N) is 1. The number of nitrogens with zero attached hydrogens (tertiary/aromatic N) is 5.